The van der Waals surface area contributed by atoms with Gasteiger partial charge in [-0.3, -0.25) is 4.90 Å². The molecule has 3 rings (SSSR count). The second-order valence-electron chi connectivity index (χ2n) is 6.15. The molecule has 0 aliphatic carbocycles. The number of nitrogens with one attached hydrogen (secondary N) is 1. The summed E-state index contributed by atoms with van der Waals surface area (Å²) in [6.07, 6.45) is 2.77. The molecule has 2 heterocycles. The molecule has 0 saturated carbocycles. The summed E-state index contributed by atoms with van der Waals surface area (Å²) in [6.45, 7) is 10.4. The fourth-order valence-corrected chi connectivity index (χ4v) is 3.62. The van der Waals surface area contributed by atoms with E-state index in [9.17, 15) is 0 Å². The van der Waals surface area contributed by atoms with Gasteiger partial charge in [0.15, 0.2) is 0 Å². The lowest BCUT2D eigenvalue weighted by molar-refractivity contribution is 0.231. The Morgan fingerprint density at radius 2 is 2.00 bits per heavy atom. The highest BCUT2D eigenvalue weighted by Gasteiger charge is 2.30. The molecule has 0 spiro atoms. The first kappa shape index (κ1) is 13.9. The number of fused-ring (bicyclic) bond motifs is 1. The van der Waals surface area contributed by atoms with Crippen molar-refractivity contribution in [3.8, 4) is 0 Å². The molecule has 0 aromatic heterocycles. The monoisotopic (exact) mass is 273 g/mol. The Bertz CT molecular complexity index is 428. The summed E-state index contributed by atoms with van der Waals surface area (Å²) in [5, 5.41) is 3.47. The standard InChI is InChI=1S/C17H27N3/c1-3-18-14(2)15-6-8-16(9-7-15)20-12-11-19-10-4-5-17(19)13-20/h6-9,14,17-18H,3-5,10-13H2,1-2H3. The van der Waals surface area contributed by atoms with Gasteiger partial charge in [-0.15, -0.1) is 0 Å². The SMILES string of the molecule is CCNC(C)c1ccc(N2CCN3CCCC3C2)cc1. The van der Waals surface area contributed by atoms with Gasteiger partial charge in [-0.05, 0) is 50.6 Å². The van der Waals surface area contributed by atoms with E-state index in [-0.39, 0.29) is 0 Å². The molecule has 1 aromatic rings. The first-order chi connectivity index (χ1) is 9.78. The van der Waals surface area contributed by atoms with Gasteiger partial charge in [-0.25, -0.2) is 0 Å². The summed E-state index contributed by atoms with van der Waals surface area (Å²) in [5.41, 5.74) is 2.78. The fourth-order valence-electron chi connectivity index (χ4n) is 3.62. The third-order valence-corrected chi connectivity index (χ3v) is 4.86. The molecule has 3 heteroatoms. The van der Waals surface area contributed by atoms with Gasteiger partial charge in [0.25, 0.3) is 0 Å². The maximum absolute atomic E-state index is 3.47. The molecule has 2 atom stereocenters. The van der Waals surface area contributed by atoms with Crippen molar-refractivity contribution in [1.29, 1.82) is 0 Å². The molecule has 2 fully saturated rings. The van der Waals surface area contributed by atoms with E-state index >= 15 is 0 Å². The Hall–Kier alpha value is -1.06. The highest BCUT2D eigenvalue weighted by molar-refractivity contribution is 5.48. The molecule has 2 saturated heterocycles. The van der Waals surface area contributed by atoms with E-state index in [0.717, 1.165) is 12.6 Å². The zero-order valence-electron chi connectivity index (χ0n) is 12.8. The van der Waals surface area contributed by atoms with Crippen molar-refractivity contribution in [2.24, 2.45) is 0 Å². The second kappa shape index (κ2) is 6.15. The van der Waals surface area contributed by atoms with Crippen molar-refractivity contribution in [1.82, 2.24) is 10.2 Å². The summed E-state index contributed by atoms with van der Waals surface area (Å²) < 4.78 is 0. The molecule has 1 aromatic carbocycles. The average molecular weight is 273 g/mol. The Morgan fingerprint density at radius 1 is 1.20 bits per heavy atom. The van der Waals surface area contributed by atoms with E-state index in [0.29, 0.717) is 6.04 Å². The maximum atomic E-state index is 3.47. The molecule has 2 aliphatic heterocycles. The molecule has 3 nitrogen and oxygen atoms in total. The van der Waals surface area contributed by atoms with Gasteiger partial charge in [-0.1, -0.05) is 19.1 Å². The molecule has 20 heavy (non-hydrogen) atoms. The summed E-state index contributed by atoms with van der Waals surface area (Å²) in [4.78, 5) is 5.23. The molecular formula is C17H27N3. The van der Waals surface area contributed by atoms with Crippen molar-refractivity contribution in [2.45, 2.75) is 38.8 Å². The lowest BCUT2D eigenvalue weighted by Crippen LogP contribution is -2.50. The van der Waals surface area contributed by atoms with Crippen LogP contribution in [-0.2, 0) is 0 Å². The largest absolute Gasteiger partial charge is 0.369 e. The predicted octanol–water partition coefficient (Wildman–Crippen LogP) is 2.64. The van der Waals surface area contributed by atoms with Crippen LogP contribution in [0.5, 0.6) is 0 Å². The zero-order valence-corrected chi connectivity index (χ0v) is 12.8. The van der Waals surface area contributed by atoms with Crippen LogP contribution < -0.4 is 10.2 Å². The number of rotatable bonds is 4. The van der Waals surface area contributed by atoms with E-state index in [1.165, 1.54) is 50.3 Å². The number of hydrogen-bond donors (Lipinski definition) is 1. The van der Waals surface area contributed by atoms with Crippen molar-refractivity contribution < 1.29 is 0 Å². The Labute approximate surface area is 123 Å². The van der Waals surface area contributed by atoms with Gasteiger partial charge in [-0.2, -0.15) is 0 Å². The van der Waals surface area contributed by atoms with Gasteiger partial charge in [0.2, 0.25) is 0 Å². The minimum absolute atomic E-state index is 0.445. The summed E-state index contributed by atoms with van der Waals surface area (Å²) in [5.74, 6) is 0. The molecule has 2 aliphatic rings. The summed E-state index contributed by atoms with van der Waals surface area (Å²) in [7, 11) is 0. The van der Waals surface area contributed by atoms with Crippen LogP contribution in [0.1, 0.15) is 38.3 Å². The zero-order chi connectivity index (χ0) is 13.9. The topological polar surface area (TPSA) is 18.5 Å². The summed E-state index contributed by atoms with van der Waals surface area (Å²) in [6, 6.07) is 10.4. The molecule has 0 bridgehead atoms. The van der Waals surface area contributed by atoms with Crippen LogP contribution in [0.4, 0.5) is 5.69 Å². The van der Waals surface area contributed by atoms with Crippen molar-refractivity contribution in [3.63, 3.8) is 0 Å². The highest BCUT2D eigenvalue weighted by atomic mass is 15.3. The van der Waals surface area contributed by atoms with Crippen molar-refractivity contribution in [2.75, 3.05) is 37.6 Å². The highest BCUT2D eigenvalue weighted by Crippen LogP contribution is 2.26. The van der Waals surface area contributed by atoms with Gasteiger partial charge >= 0.3 is 0 Å². The number of anilines is 1. The van der Waals surface area contributed by atoms with E-state index in [2.05, 4.69) is 53.2 Å². The average Bonchev–Trinajstić information content (AvgIpc) is 2.95. The first-order valence-electron chi connectivity index (χ1n) is 8.10. The number of hydrogen-bond acceptors (Lipinski definition) is 3. The Morgan fingerprint density at radius 3 is 2.75 bits per heavy atom. The van der Waals surface area contributed by atoms with E-state index < -0.39 is 0 Å². The number of nitrogens with zero attached hydrogens (tertiary/aromatic N) is 2. The number of benzene rings is 1. The van der Waals surface area contributed by atoms with Gasteiger partial charge < -0.3 is 10.2 Å². The van der Waals surface area contributed by atoms with Crippen LogP contribution in [0.25, 0.3) is 0 Å². The Balaban J connectivity index is 1.65. The van der Waals surface area contributed by atoms with Crippen LogP contribution in [-0.4, -0.2) is 43.7 Å². The van der Waals surface area contributed by atoms with Crippen LogP contribution in [0, 0.1) is 0 Å². The van der Waals surface area contributed by atoms with Crippen LogP contribution in [0.3, 0.4) is 0 Å². The Kier molecular flexibility index (Phi) is 4.27. The van der Waals surface area contributed by atoms with Crippen molar-refractivity contribution in [3.05, 3.63) is 29.8 Å². The van der Waals surface area contributed by atoms with Crippen LogP contribution in [0.15, 0.2) is 24.3 Å². The lowest BCUT2D eigenvalue weighted by atomic mass is 10.1. The molecule has 2 unspecified atom stereocenters. The smallest absolute Gasteiger partial charge is 0.0367 e. The van der Waals surface area contributed by atoms with Gasteiger partial charge in [0.05, 0.1) is 0 Å². The quantitative estimate of drug-likeness (QED) is 0.910. The third-order valence-electron chi connectivity index (χ3n) is 4.86. The van der Waals surface area contributed by atoms with E-state index in [1.807, 2.05) is 0 Å². The minimum atomic E-state index is 0.445. The molecule has 0 amide bonds. The van der Waals surface area contributed by atoms with Crippen LogP contribution in [0.2, 0.25) is 0 Å². The van der Waals surface area contributed by atoms with Gasteiger partial charge in [0.1, 0.15) is 0 Å². The minimum Gasteiger partial charge on any atom is -0.369 e. The molecule has 0 radical (unpaired) electrons. The predicted molar refractivity (Wildman–Crippen MR) is 85.3 cm³/mol. The third kappa shape index (κ3) is 2.84. The fraction of sp³-hybridized carbons (Fsp3) is 0.647. The maximum Gasteiger partial charge on any atom is 0.0367 e. The van der Waals surface area contributed by atoms with Crippen LogP contribution >= 0.6 is 0 Å². The normalized spacial score (nSPS) is 24.7. The number of piperazine rings is 1. The summed E-state index contributed by atoms with van der Waals surface area (Å²) >= 11 is 0. The van der Waals surface area contributed by atoms with Gasteiger partial charge in [0, 0.05) is 37.4 Å². The molecule has 1 N–H and O–H groups in total. The first-order valence-corrected chi connectivity index (χ1v) is 8.10. The molecule has 110 valence electrons. The van der Waals surface area contributed by atoms with E-state index in [1.54, 1.807) is 0 Å². The van der Waals surface area contributed by atoms with Crippen molar-refractivity contribution >= 4 is 5.69 Å². The second-order valence-corrected chi connectivity index (χ2v) is 6.15. The van der Waals surface area contributed by atoms with E-state index in [4.69, 9.17) is 0 Å². The lowest BCUT2D eigenvalue weighted by Gasteiger charge is -2.39. The molecular weight excluding hydrogens is 246 g/mol.